The van der Waals surface area contributed by atoms with Crippen molar-refractivity contribution in [2.45, 2.75) is 45.4 Å². The molecular formula is C12H20F3NO3. The Hall–Kier alpha value is -0.980. The molecule has 0 saturated carbocycles. The van der Waals surface area contributed by atoms with E-state index in [1.807, 2.05) is 0 Å². The molecule has 1 aliphatic heterocycles. The number of carbonyl (C=O) groups excluding carboxylic acids is 1. The first-order valence-electron chi connectivity index (χ1n) is 6.16. The molecule has 0 aromatic heterocycles. The van der Waals surface area contributed by atoms with Gasteiger partial charge in [-0.25, -0.2) is 4.79 Å². The molecule has 19 heavy (non-hydrogen) atoms. The van der Waals surface area contributed by atoms with Gasteiger partial charge in [0.1, 0.15) is 5.60 Å². The normalized spacial score (nSPS) is 20.3. The van der Waals surface area contributed by atoms with E-state index in [2.05, 4.69) is 0 Å². The fourth-order valence-corrected chi connectivity index (χ4v) is 1.98. The summed E-state index contributed by atoms with van der Waals surface area (Å²) < 4.78 is 43.8. The van der Waals surface area contributed by atoms with E-state index in [0.717, 1.165) is 0 Å². The average Bonchev–Trinajstić information content (AvgIpc) is 2.25. The Balaban J connectivity index is 2.64. The number of aliphatic hydroxyl groups is 1. The van der Waals surface area contributed by atoms with Crippen molar-refractivity contribution in [2.24, 2.45) is 5.41 Å². The van der Waals surface area contributed by atoms with Crippen LogP contribution in [0.25, 0.3) is 0 Å². The van der Waals surface area contributed by atoms with Crippen LogP contribution in [0.15, 0.2) is 0 Å². The molecule has 0 aromatic rings. The van der Waals surface area contributed by atoms with Gasteiger partial charge in [0, 0.05) is 13.1 Å². The molecule has 0 atom stereocenters. The summed E-state index contributed by atoms with van der Waals surface area (Å²) in [6.07, 6.45) is -5.67. The van der Waals surface area contributed by atoms with Crippen molar-refractivity contribution < 1.29 is 27.8 Å². The highest BCUT2D eigenvalue weighted by molar-refractivity contribution is 5.68. The van der Waals surface area contributed by atoms with Crippen molar-refractivity contribution >= 4 is 6.09 Å². The van der Waals surface area contributed by atoms with Crippen LogP contribution in [0.3, 0.4) is 0 Å². The van der Waals surface area contributed by atoms with Gasteiger partial charge in [-0.05, 0) is 33.6 Å². The summed E-state index contributed by atoms with van der Waals surface area (Å²) in [6, 6.07) is 0. The zero-order valence-electron chi connectivity index (χ0n) is 11.4. The molecule has 0 bridgehead atoms. The SMILES string of the molecule is CC(C)(C)OC(=O)N1CCC(CO)(C(F)(F)F)CC1. The van der Waals surface area contributed by atoms with Gasteiger partial charge in [-0.2, -0.15) is 13.2 Å². The maximum Gasteiger partial charge on any atom is 0.410 e. The number of likely N-dealkylation sites (tertiary alicyclic amines) is 1. The Morgan fingerprint density at radius 1 is 1.26 bits per heavy atom. The fourth-order valence-electron chi connectivity index (χ4n) is 1.98. The molecule has 1 N–H and O–H groups in total. The molecule has 0 aliphatic carbocycles. The Morgan fingerprint density at radius 3 is 2.05 bits per heavy atom. The van der Waals surface area contributed by atoms with Gasteiger partial charge in [-0.1, -0.05) is 0 Å². The number of carbonyl (C=O) groups is 1. The van der Waals surface area contributed by atoms with Crippen molar-refractivity contribution in [3.05, 3.63) is 0 Å². The third-order valence-electron chi connectivity index (χ3n) is 3.28. The Morgan fingerprint density at radius 2 is 1.74 bits per heavy atom. The van der Waals surface area contributed by atoms with E-state index >= 15 is 0 Å². The summed E-state index contributed by atoms with van der Waals surface area (Å²) in [5.74, 6) is 0. The molecule has 1 amide bonds. The summed E-state index contributed by atoms with van der Waals surface area (Å²) in [5, 5.41) is 9.03. The molecule has 1 aliphatic rings. The van der Waals surface area contributed by atoms with Gasteiger partial charge < -0.3 is 14.7 Å². The zero-order chi connectivity index (χ0) is 14.9. The van der Waals surface area contributed by atoms with Crippen molar-refractivity contribution in [1.82, 2.24) is 4.90 Å². The van der Waals surface area contributed by atoms with Gasteiger partial charge >= 0.3 is 12.3 Å². The molecule has 4 nitrogen and oxygen atoms in total. The zero-order valence-corrected chi connectivity index (χ0v) is 11.4. The maximum atomic E-state index is 12.9. The predicted molar refractivity (Wildman–Crippen MR) is 62.6 cm³/mol. The van der Waals surface area contributed by atoms with Crippen LogP contribution in [0.4, 0.5) is 18.0 Å². The quantitative estimate of drug-likeness (QED) is 0.804. The van der Waals surface area contributed by atoms with Crippen LogP contribution in [-0.2, 0) is 4.74 Å². The van der Waals surface area contributed by atoms with Crippen molar-refractivity contribution in [1.29, 1.82) is 0 Å². The minimum Gasteiger partial charge on any atom is -0.444 e. The van der Waals surface area contributed by atoms with Crippen LogP contribution < -0.4 is 0 Å². The maximum absolute atomic E-state index is 12.9. The topological polar surface area (TPSA) is 49.8 Å². The van der Waals surface area contributed by atoms with Crippen molar-refractivity contribution in [2.75, 3.05) is 19.7 Å². The molecule has 0 radical (unpaired) electrons. The van der Waals surface area contributed by atoms with Crippen LogP contribution in [0, 0.1) is 5.41 Å². The highest BCUT2D eigenvalue weighted by atomic mass is 19.4. The standard InChI is InChI=1S/C12H20F3NO3/c1-10(2,3)19-9(18)16-6-4-11(8-17,5-7-16)12(13,14)15/h17H,4-8H2,1-3H3. The number of piperidine rings is 1. The molecule has 7 heteroatoms. The number of rotatable bonds is 1. The van der Waals surface area contributed by atoms with E-state index in [0.29, 0.717) is 0 Å². The summed E-state index contributed by atoms with van der Waals surface area (Å²) in [4.78, 5) is 13.0. The van der Waals surface area contributed by atoms with Crippen LogP contribution in [0.5, 0.6) is 0 Å². The first kappa shape index (κ1) is 16.1. The van der Waals surface area contributed by atoms with E-state index < -0.39 is 29.9 Å². The number of amides is 1. The van der Waals surface area contributed by atoms with Crippen molar-refractivity contribution in [3.8, 4) is 0 Å². The summed E-state index contributed by atoms with van der Waals surface area (Å²) >= 11 is 0. The highest BCUT2D eigenvalue weighted by Crippen LogP contribution is 2.45. The van der Waals surface area contributed by atoms with Gasteiger partial charge in [-0.3, -0.25) is 0 Å². The van der Waals surface area contributed by atoms with Gasteiger partial charge in [0.05, 0.1) is 12.0 Å². The van der Waals surface area contributed by atoms with E-state index in [1.54, 1.807) is 20.8 Å². The van der Waals surface area contributed by atoms with Crippen LogP contribution >= 0.6 is 0 Å². The minimum atomic E-state index is -4.46. The fraction of sp³-hybridized carbons (Fsp3) is 0.917. The number of nitrogens with zero attached hydrogens (tertiary/aromatic N) is 1. The number of ether oxygens (including phenoxy) is 1. The monoisotopic (exact) mass is 283 g/mol. The largest absolute Gasteiger partial charge is 0.444 e. The van der Waals surface area contributed by atoms with Gasteiger partial charge in [0.25, 0.3) is 0 Å². The van der Waals surface area contributed by atoms with Crippen LogP contribution in [-0.4, -0.2) is 47.6 Å². The molecule has 1 saturated heterocycles. The molecule has 0 spiro atoms. The van der Waals surface area contributed by atoms with Gasteiger partial charge in [-0.15, -0.1) is 0 Å². The Labute approximate surface area is 110 Å². The second-order valence-corrected chi connectivity index (χ2v) is 5.90. The summed E-state index contributed by atoms with van der Waals surface area (Å²) in [6.45, 7) is 4.02. The first-order chi connectivity index (χ1) is 8.51. The lowest BCUT2D eigenvalue weighted by Gasteiger charge is -2.41. The molecule has 0 aromatic carbocycles. The lowest BCUT2D eigenvalue weighted by molar-refractivity contribution is -0.248. The second-order valence-electron chi connectivity index (χ2n) is 5.90. The molecule has 1 heterocycles. The molecule has 1 fully saturated rings. The Bertz CT molecular complexity index is 328. The van der Waals surface area contributed by atoms with E-state index in [1.165, 1.54) is 4.90 Å². The second kappa shape index (κ2) is 5.19. The molecule has 0 unspecified atom stereocenters. The third kappa shape index (κ3) is 3.75. The number of hydrogen-bond donors (Lipinski definition) is 1. The van der Waals surface area contributed by atoms with Crippen molar-refractivity contribution in [3.63, 3.8) is 0 Å². The predicted octanol–water partition coefficient (Wildman–Crippen LogP) is 2.56. The number of hydrogen-bond acceptors (Lipinski definition) is 3. The first-order valence-corrected chi connectivity index (χ1v) is 6.16. The van der Waals surface area contributed by atoms with Crippen LogP contribution in [0.2, 0.25) is 0 Å². The number of alkyl halides is 3. The molecule has 112 valence electrons. The summed E-state index contributed by atoms with van der Waals surface area (Å²) in [7, 11) is 0. The smallest absolute Gasteiger partial charge is 0.410 e. The third-order valence-corrected chi connectivity index (χ3v) is 3.28. The van der Waals surface area contributed by atoms with Gasteiger partial charge in [0.15, 0.2) is 0 Å². The van der Waals surface area contributed by atoms with Crippen LogP contribution in [0.1, 0.15) is 33.6 Å². The molecular weight excluding hydrogens is 263 g/mol. The molecule has 1 rings (SSSR count). The van der Waals surface area contributed by atoms with E-state index in [4.69, 9.17) is 9.84 Å². The average molecular weight is 283 g/mol. The lowest BCUT2D eigenvalue weighted by Crippen LogP contribution is -2.52. The highest BCUT2D eigenvalue weighted by Gasteiger charge is 2.55. The van der Waals surface area contributed by atoms with Gasteiger partial charge in [0.2, 0.25) is 0 Å². The summed E-state index contributed by atoms with van der Waals surface area (Å²) in [5.41, 5.74) is -2.77. The Kier molecular flexibility index (Phi) is 4.39. The lowest BCUT2D eigenvalue weighted by atomic mass is 9.78. The number of aliphatic hydroxyl groups excluding tert-OH is 1. The minimum absolute atomic E-state index is 0.0605. The van der Waals surface area contributed by atoms with E-state index in [9.17, 15) is 18.0 Å². The van der Waals surface area contributed by atoms with E-state index in [-0.39, 0.29) is 25.9 Å². The number of halogens is 3.